The summed E-state index contributed by atoms with van der Waals surface area (Å²) in [5.74, 6) is 0. The summed E-state index contributed by atoms with van der Waals surface area (Å²) in [5, 5.41) is 0. The molecule has 0 spiro atoms. The van der Waals surface area contributed by atoms with E-state index in [-0.39, 0.29) is 0 Å². The van der Waals surface area contributed by atoms with Gasteiger partial charge in [-0.15, -0.1) is 0 Å². The van der Waals surface area contributed by atoms with Gasteiger partial charge in [0.2, 0.25) is 0 Å². The Morgan fingerprint density at radius 3 is 2.33 bits per heavy atom. The van der Waals surface area contributed by atoms with Gasteiger partial charge in [-0.05, 0) is 20.0 Å². The Morgan fingerprint density at radius 2 is 1.89 bits per heavy atom. The van der Waals surface area contributed by atoms with Crippen LogP contribution in [0.5, 0.6) is 0 Å². The summed E-state index contributed by atoms with van der Waals surface area (Å²) in [6, 6.07) is 0. The lowest BCUT2D eigenvalue weighted by molar-refractivity contribution is 0.392. The van der Waals surface area contributed by atoms with E-state index in [1.807, 2.05) is 0 Å². The van der Waals surface area contributed by atoms with Crippen LogP contribution >= 0.6 is 0 Å². The molecule has 0 unspecified atom stereocenters. The molecule has 0 bridgehead atoms. The SMILES string of the molecule is CC/C=C/CN(C)CC. The molecule has 0 aromatic heterocycles. The predicted molar refractivity (Wildman–Crippen MR) is 42.6 cm³/mol. The van der Waals surface area contributed by atoms with Gasteiger partial charge in [0.15, 0.2) is 0 Å². The molecule has 1 nitrogen and oxygen atoms in total. The molecule has 0 aliphatic carbocycles. The Labute approximate surface area is 58.4 Å². The normalized spacial score (nSPS) is 11.6. The molecule has 0 N–H and O–H groups in total. The molecular formula is C8H17N. The number of likely N-dealkylation sites (N-methyl/N-ethyl adjacent to an activating group) is 1. The standard InChI is InChI=1S/C8H17N/c1-4-6-7-8-9(3)5-2/h6-7H,4-5,8H2,1-3H3/b7-6+. The molecule has 1 heteroatoms. The number of nitrogens with zero attached hydrogens (tertiary/aromatic N) is 1. The fourth-order valence-electron chi connectivity index (χ4n) is 0.550. The Bertz CT molecular complexity index is 76.6. The number of hydrogen-bond acceptors (Lipinski definition) is 1. The van der Waals surface area contributed by atoms with Gasteiger partial charge in [-0.25, -0.2) is 0 Å². The molecule has 9 heavy (non-hydrogen) atoms. The van der Waals surface area contributed by atoms with Crippen LogP contribution in [-0.4, -0.2) is 25.0 Å². The van der Waals surface area contributed by atoms with E-state index in [9.17, 15) is 0 Å². The second-order valence-corrected chi connectivity index (χ2v) is 2.23. The Morgan fingerprint density at radius 1 is 1.22 bits per heavy atom. The average Bonchev–Trinajstić information content (AvgIpc) is 1.89. The summed E-state index contributed by atoms with van der Waals surface area (Å²) in [4.78, 5) is 2.27. The van der Waals surface area contributed by atoms with Crippen LogP contribution in [0, 0.1) is 0 Å². The Hall–Kier alpha value is -0.300. The van der Waals surface area contributed by atoms with Gasteiger partial charge in [-0.3, -0.25) is 0 Å². The molecule has 0 rings (SSSR count). The fourth-order valence-corrected chi connectivity index (χ4v) is 0.550. The van der Waals surface area contributed by atoms with Crippen LogP contribution in [0.2, 0.25) is 0 Å². The van der Waals surface area contributed by atoms with Crippen molar-refractivity contribution in [2.45, 2.75) is 20.3 Å². The minimum atomic E-state index is 1.09. The topological polar surface area (TPSA) is 3.24 Å². The molecule has 0 aromatic rings. The third-order valence-corrected chi connectivity index (χ3v) is 1.36. The molecule has 0 atom stereocenters. The van der Waals surface area contributed by atoms with Crippen LogP contribution in [-0.2, 0) is 0 Å². The summed E-state index contributed by atoms with van der Waals surface area (Å²) in [6.45, 7) is 6.54. The monoisotopic (exact) mass is 127 g/mol. The summed E-state index contributed by atoms with van der Waals surface area (Å²) >= 11 is 0. The lowest BCUT2D eigenvalue weighted by Gasteiger charge is -2.08. The van der Waals surface area contributed by atoms with Gasteiger partial charge in [0.1, 0.15) is 0 Å². The van der Waals surface area contributed by atoms with Crippen molar-refractivity contribution in [3.8, 4) is 0 Å². The molecule has 0 saturated heterocycles. The zero-order chi connectivity index (χ0) is 7.11. The van der Waals surface area contributed by atoms with Crippen molar-refractivity contribution >= 4 is 0 Å². The third-order valence-electron chi connectivity index (χ3n) is 1.36. The van der Waals surface area contributed by atoms with Gasteiger partial charge in [0.25, 0.3) is 0 Å². The third kappa shape index (κ3) is 5.57. The van der Waals surface area contributed by atoms with Crippen molar-refractivity contribution in [3.63, 3.8) is 0 Å². The van der Waals surface area contributed by atoms with Crippen LogP contribution in [0.1, 0.15) is 20.3 Å². The van der Waals surface area contributed by atoms with Crippen molar-refractivity contribution in [3.05, 3.63) is 12.2 Å². The average molecular weight is 127 g/mol. The second-order valence-electron chi connectivity index (χ2n) is 2.23. The maximum atomic E-state index is 2.27. The van der Waals surface area contributed by atoms with Crippen molar-refractivity contribution in [2.24, 2.45) is 0 Å². The van der Waals surface area contributed by atoms with Crippen LogP contribution < -0.4 is 0 Å². The van der Waals surface area contributed by atoms with E-state index in [1.165, 1.54) is 0 Å². The summed E-state index contributed by atoms with van der Waals surface area (Å²) < 4.78 is 0. The Kier molecular flexibility index (Phi) is 5.64. The van der Waals surface area contributed by atoms with Gasteiger partial charge in [0.05, 0.1) is 0 Å². The smallest absolute Gasteiger partial charge is 0.0160 e. The molecule has 0 radical (unpaired) electrons. The van der Waals surface area contributed by atoms with E-state index in [2.05, 4.69) is 37.9 Å². The molecule has 0 saturated carbocycles. The second kappa shape index (κ2) is 5.83. The van der Waals surface area contributed by atoms with Gasteiger partial charge in [-0.2, -0.15) is 0 Å². The molecular weight excluding hydrogens is 110 g/mol. The number of allylic oxidation sites excluding steroid dienone is 1. The highest BCUT2D eigenvalue weighted by molar-refractivity contribution is 4.82. The summed E-state index contributed by atoms with van der Waals surface area (Å²) in [7, 11) is 2.12. The fraction of sp³-hybridized carbons (Fsp3) is 0.750. The van der Waals surface area contributed by atoms with E-state index in [0.29, 0.717) is 0 Å². The highest BCUT2D eigenvalue weighted by Crippen LogP contribution is 1.83. The molecule has 0 aliphatic rings. The van der Waals surface area contributed by atoms with Gasteiger partial charge < -0.3 is 4.90 Å². The molecule has 0 heterocycles. The predicted octanol–water partition coefficient (Wildman–Crippen LogP) is 1.90. The lowest BCUT2D eigenvalue weighted by atomic mass is 10.4. The van der Waals surface area contributed by atoms with Crippen molar-refractivity contribution in [2.75, 3.05) is 20.1 Å². The first kappa shape index (κ1) is 8.70. The molecule has 0 fully saturated rings. The van der Waals surface area contributed by atoms with E-state index in [4.69, 9.17) is 0 Å². The van der Waals surface area contributed by atoms with Crippen LogP contribution in [0.15, 0.2) is 12.2 Å². The Balaban J connectivity index is 3.15. The van der Waals surface area contributed by atoms with Gasteiger partial charge in [0, 0.05) is 6.54 Å². The maximum Gasteiger partial charge on any atom is 0.0160 e. The zero-order valence-corrected chi connectivity index (χ0v) is 6.72. The molecule has 0 amide bonds. The highest BCUT2D eigenvalue weighted by Gasteiger charge is 1.85. The number of rotatable bonds is 4. The summed E-state index contributed by atoms with van der Waals surface area (Å²) in [6.07, 6.45) is 5.56. The highest BCUT2D eigenvalue weighted by atomic mass is 15.1. The zero-order valence-electron chi connectivity index (χ0n) is 6.72. The maximum absolute atomic E-state index is 2.27. The molecule has 0 aromatic carbocycles. The first-order chi connectivity index (χ1) is 4.31. The molecule has 54 valence electrons. The minimum Gasteiger partial charge on any atom is -0.303 e. The first-order valence-electron chi connectivity index (χ1n) is 3.64. The van der Waals surface area contributed by atoms with E-state index in [0.717, 1.165) is 19.5 Å². The van der Waals surface area contributed by atoms with E-state index < -0.39 is 0 Å². The minimum absolute atomic E-state index is 1.09. The van der Waals surface area contributed by atoms with Crippen LogP contribution in [0.3, 0.4) is 0 Å². The van der Waals surface area contributed by atoms with Crippen molar-refractivity contribution in [1.82, 2.24) is 4.90 Å². The first-order valence-corrected chi connectivity index (χ1v) is 3.64. The van der Waals surface area contributed by atoms with Crippen molar-refractivity contribution < 1.29 is 0 Å². The molecule has 0 aliphatic heterocycles. The number of hydrogen-bond donors (Lipinski definition) is 0. The largest absolute Gasteiger partial charge is 0.303 e. The quantitative estimate of drug-likeness (QED) is 0.521. The van der Waals surface area contributed by atoms with Gasteiger partial charge >= 0.3 is 0 Å². The van der Waals surface area contributed by atoms with Gasteiger partial charge in [-0.1, -0.05) is 26.0 Å². The van der Waals surface area contributed by atoms with E-state index in [1.54, 1.807) is 0 Å². The van der Waals surface area contributed by atoms with Crippen LogP contribution in [0.25, 0.3) is 0 Å². The van der Waals surface area contributed by atoms with Crippen molar-refractivity contribution in [1.29, 1.82) is 0 Å². The summed E-state index contributed by atoms with van der Waals surface area (Å²) in [5.41, 5.74) is 0. The lowest BCUT2D eigenvalue weighted by Crippen LogP contribution is -2.16. The van der Waals surface area contributed by atoms with Crippen LogP contribution in [0.4, 0.5) is 0 Å². The van der Waals surface area contributed by atoms with E-state index >= 15 is 0 Å².